The summed E-state index contributed by atoms with van der Waals surface area (Å²) in [6, 6.07) is 2.51. The summed E-state index contributed by atoms with van der Waals surface area (Å²) in [6.45, 7) is 0. The predicted molar refractivity (Wildman–Crippen MR) is 48.6 cm³/mol. The lowest BCUT2D eigenvalue weighted by Gasteiger charge is -2.17. The summed E-state index contributed by atoms with van der Waals surface area (Å²) in [4.78, 5) is 3.49. The molecule has 0 aliphatic rings. The van der Waals surface area contributed by atoms with Crippen molar-refractivity contribution in [3.8, 4) is 5.75 Å². The van der Waals surface area contributed by atoms with Crippen LogP contribution in [0.4, 0.5) is 13.2 Å². The Morgan fingerprint density at radius 3 is 2.71 bits per heavy atom. The molecule has 0 aliphatic heterocycles. The van der Waals surface area contributed by atoms with E-state index in [4.69, 9.17) is 11.6 Å². The molecule has 0 radical (unpaired) electrons. The van der Waals surface area contributed by atoms with E-state index in [1.54, 1.807) is 0 Å². The molecule has 0 bridgehead atoms. The van der Waals surface area contributed by atoms with E-state index in [1.807, 2.05) is 0 Å². The van der Waals surface area contributed by atoms with Crippen LogP contribution in [-0.4, -0.2) is 16.2 Å². The van der Waals surface area contributed by atoms with Gasteiger partial charge in [0, 0.05) is 6.20 Å². The molecule has 1 aromatic heterocycles. The number of aromatic nitrogens is 1. The number of nitrogens with zero attached hydrogens (tertiary/aromatic N) is 1. The molecule has 0 saturated carbocycles. The monoisotopic (exact) mass is 289 g/mol. The fraction of sp³-hybridized carbons (Fsp3) is 0.286. The van der Waals surface area contributed by atoms with Crippen LogP contribution in [0.25, 0.3) is 0 Å². The second-order valence-corrected chi connectivity index (χ2v) is 3.42. The topological polar surface area (TPSA) is 22.1 Å². The molecule has 0 saturated heterocycles. The van der Waals surface area contributed by atoms with E-state index in [9.17, 15) is 13.2 Å². The van der Waals surface area contributed by atoms with E-state index in [2.05, 4.69) is 25.7 Å². The lowest BCUT2D eigenvalue weighted by molar-refractivity contribution is -0.195. The summed E-state index contributed by atoms with van der Waals surface area (Å²) in [7, 11) is 0. The summed E-state index contributed by atoms with van der Waals surface area (Å²) in [5, 5.41) is -2.86. The molecule has 0 N–H and O–H groups in total. The minimum atomic E-state index is -3.98. The second kappa shape index (κ2) is 4.35. The molecule has 7 heteroatoms. The molecule has 2 nitrogen and oxygen atoms in total. The molecular weight excluding hydrogens is 286 g/mol. The van der Waals surface area contributed by atoms with E-state index in [-0.39, 0.29) is 10.9 Å². The number of hydrogen-bond acceptors (Lipinski definition) is 2. The van der Waals surface area contributed by atoms with Crippen molar-refractivity contribution in [1.29, 1.82) is 0 Å². The van der Waals surface area contributed by atoms with Gasteiger partial charge in [-0.3, -0.25) is 0 Å². The Morgan fingerprint density at radius 1 is 1.57 bits per heavy atom. The van der Waals surface area contributed by atoms with Crippen molar-refractivity contribution >= 4 is 27.5 Å². The van der Waals surface area contributed by atoms with Gasteiger partial charge in [-0.05, 0) is 28.1 Å². The standard InChI is InChI=1S/C7H4BrClF3NO/c8-6(10)7(11,12)14-4-2-1-3-13-5(4)9/h1-3,6H. The van der Waals surface area contributed by atoms with Crippen LogP contribution in [0.15, 0.2) is 18.3 Å². The first-order chi connectivity index (χ1) is 6.43. The van der Waals surface area contributed by atoms with Crippen molar-refractivity contribution in [2.75, 3.05) is 0 Å². The van der Waals surface area contributed by atoms with Gasteiger partial charge in [-0.15, -0.1) is 0 Å². The summed E-state index contributed by atoms with van der Waals surface area (Å²) < 4.78 is 41.7. The average molecular weight is 290 g/mol. The number of ether oxygens (including phenoxy) is 1. The molecule has 1 heterocycles. The zero-order valence-corrected chi connectivity index (χ0v) is 8.90. The molecule has 0 fully saturated rings. The minimum Gasteiger partial charge on any atom is -0.426 e. The van der Waals surface area contributed by atoms with Gasteiger partial charge in [0.15, 0.2) is 10.9 Å². The Labute approximate surface area is 91.2 Å². The molecule has 1 rings (SSSR count). The Hall–Kier alpha value is -0.490. The average Bonchev–Trinajstić information content (AvgIpc) is 2.08. The molecular formula is C7H4BrClF3NO. The Morgan fingerprint density at radius 2 is 2.21 bits per heavy atom. The third-order valence-corrected chi connectivity index (χ3v) is 2.04. The third-order valence-electron chi connectivity index (χ3n) is 1.22. The van der Waals surface area contributed by atoms with Gasteiger partial charge in [0.25, 0.3) is 5.08 Å². The molecule has 78 valence electrons. The molecule has 0 aliphatic carbocycles. The summed E-state index contributed by atoms with van der Waals surface area (Å²) >= 11 is 7.50. The smallest absolute Gasteiger partial charge is 0.426 e. The lowest BCUT2D eigenvalue weighted by atomic mass is 10.4. The van der Waals surface area contributed by atoms with Crippen LogP contribution < -0.4 is 4.74 Å². The van der Waals surface area contributed by atoms with Crippen LogP contribution in [0.1, 0.15) is 0 Å². The van der Waals surface area contributed by atoms with Gasteiger partial charge in [-0.2, -0.15) is 8.78 Å². The Bertz CT molecular complexity index is 324. The molecule has 1 aromatic rings. The van der Waals surface area contributed by atoms with E-state index < -0.39 is 11.2 Å². The Kier molecular flexibility index (Phi) is 3.60. The fourth-order valence-electron chi connectivity index (χ4n) is 0.639. The van der Waals surface area contributed by atoms with Gasteiger partial charge in [0.1, 0.15) is 0 Å². The van der Waals surface area contributed by atoms with Crippen LogP contribution in [0.3, 0.4) is 0 Å². The van der Waals surface area contributed by atoms with Crippen molar-refractivity contribution in [3.63, 3.8) is 0 Å². The van der Waals surface area contributed by atoms with Gasteiger partial charge in [-0.25, -0.2) is 9.37 Å². The molecule has 0 aromatic carbocycles. The van der Waals surface area contributed by atoms with Gasteiger partial charge in [0.2, 0.25) is 0 Å². The number of alkyl halides is 4. The van der Waals surface area contributed by atoms with E-state index >= 15 is 0 Å². The number of rotatable bonds is 3. The maximum Gasteiger partial charge on any atom is 0.440 e. The van der Waals surface area contributed by atoms with Crippen LogP contribution >= 0.6 is 27.5 Å². The summed E-state index contributed by atoms with van der Waals surface area (Å²) in [6.07, 6.45) is -2.68. The number of halogens is 5. The number of pyridine rings is 1. The Balaban J connectivity index is 2.84. The lowest BCUT2D eigenvalue weighted by Crippen LogP contribution is -2.32. The molecule has 0 amide bonds. The maximum atomic E-state index is 12.7. The molecule has 0 spiro atoms. The van der Waals surface area contributed by atoms with Crippen LogP contribution in [0.2, 0.25) is 5.15 Å². The van der Waals surface area contributed by atoms with Gasteiger partial charge < -0.3 is 4.74 Å². The van der Waals surface area contributed by atoms with Crippen molar-refractivity contribution in [3.05, 3.63) is 23.5 Å². The molecule has 14 heavy (non-hydrogen) atoms. The van der Waals surface area contributed by atoms with Gasteiger partial charge in [-0.1, -0.05) is 11.6 Å². The minimum absolute atomic E-state index is 0.250. The van der Waals surface area contributed by atoms with E-state index in [0.29, 0.717) is 0 Å². The van der Waals surface area contributed by atoms with E-state index in [1.165, 1.54) is 18.3 Å². The first kappa shape index (κ1) is 11.6. The molecule has 1 atom stereocenters. The second-order valence-electron chi connectivity index (χ2n) is 2.26. The zero-order valence-electron chi connectivity index (χ0n) is 6.55. The first-order valence-electron chi connectivity index (χ1n) is 3.39. The van der Waals surface area contributed by atoms with Gasteiger partial charge >= 0.3 is 6.11 Å². The first-order valence-corrected chi connectivity index (χ1v) is 4.68. The van der Waals surface area contributed by atoms with Crippen molar-refractivity contribution in [2.45, 2.75) is 11.2 Å². The predicted octanol–water partition coefficient (Wildman–Crippen LogP) is 3.40. The fourth-order valence-corrected chi connectivity index (χ4v) is 0.890. The summed E-state index contributed by atoms with van der Waals surface area (Å²) in [5.41, 5.74) is 0. The van der Waals surface area contributed by atoms with Crippen molar-refractivity contribution in [1.82, 2.24) is 4.98 Å². The van der Waals surface area contributed by atoms with Gasteiger partial charge in [0.05, 0.1) is 0 Å². The zero-order chi connectivity index (χ0) is 10.8. The maximum absolute atomic E-state index is 12.7. The normalized spacial score (nSPS) is 13.8. The van der Waals surface area contributed by atoms with E-state index in [0.717, 1.165) is 0 Å². The molecule has 1 unspecified atom stereocenters. The third kappa shape index (κ3) is 2.75. The van der Waals surface area contributed by atoms with Crippen molar-refractivity contribution < 1.29 is 17.9 Å². The van der Waals surface area contributed by atoms with Crippen LogP contribution in [-0.2, 0) is 0 Å². The van der Waals surface area contributed by atoms with Crippen LogP contribution in [0, 0.1) is 0 Å². The highest BCUT2D eigenvalue weighted by Crippen LogP contribution is 2.32. The van der Waals surface area contributed by atoms with Crippen molar-refractivity contribution in [2.24, 2.45) is 0 Å². The highest BCUT2D eigenvalue weighted by molar-refractivity contribution is 9.09. The summed E-state index contributed by atoms with van der Waals surface area (Å²) in [5.74, 6) is -0.374. The SMILES string of the molecule is FC(Br)C(F)(F)Oc1cccnc1Cl. The highest BCUT2D eigenvalue weighted by atomic mass is 79.9. The number of hydrogen-bond donors (Lipinski definition) is 0. The van der Waals surface area contributed by atoms with Crippen LogP contribution in [0.5, 0.6) is 5.75 Å². The quantitative estimate of drug-likeness (QED) is 0.629. The largest absolute Gasteiger partial charge is 0.440 e. The highest BCUT2D eigenvalue weighted by Gasteiger charge is 2.42.